The smallest absolute Gasteiger partial charge is 0.259 e. The van der Waals surface area contributed by atoms with Crippen LogP contribution >= 0.6 is 0 Å². The van der Waals surface area contributed by atoms with Crippen LogP contribution in [0, 0.1) is 23.7 Å². The molecule has 0 spiro atoms. The molecule has 4 rings (SSSR count). The van der Waals surface area contributed by atoms with Crippen molar-refractivity contribution in [1.82, 2.24) is 4.90 Å². The summed E-state index contributed by atoms with van der Waals surface area (Å²) >= 11 is 0. The van der Waals surface area contributed by atoms with Crippen LogP contribution in [-0.2, 0) is 16.8 Å². The van der Waals surface area contributed by atoms with Gasteiger partial charge in [-0.3, -0.25) is 4.79 Å². The van der Waals surface area contributed by atoms with Crippen LogP contribution in [0.4, 0.5) is 0 Å². The molecule has 1 heterocycles. The Morgan fingerprint density at radius 3 is 2.23 bits per heavy atom. The normalized spacial score (nSPS) is 22.6. The molecular weight excluding hydrogens is 382 g/mol. The molecule has 2 aromatic carbocycles. The molecule has 165 valence electrons. The Morgan fingerprint density at radius 2 is 1.61 bits per heavy atom. The zero-order valence-corrected chi connectivity index (χ0v) is 19.0. The van der Waals surface area contributed by atoms with Gasteiger partial charge in [0.05, 0.1) is 0 Å². The third-order valence-electron chi connectivity index (χ3n) is 7.61. The van der Waals surface area contributed by atoms with Crippen molar-refractivity contribution in [2.45, 2.75) is 58.0 Å². The molecule has 0 aromatic heterocycles. The van der Waals surface area contributed by atoms with Gasteiger partial charge in [-0.1, -0.05) is 87.4 Å². The number of hydrogen-bond acceptors (Lipinski definition) is 2. The first-order chi connectivity index (χ1) is 15.0. The van der Waals surface area contributed by atoms with E-state index in [4.69, 9.17) is 0 Å². The average molecular weight is 419 g/mol. The molecule has 0 bridgehead atoms. The number of carbonyl (C=O) groups excluding carboxylic acids is 1. The van der Waals surface area contributed by atoms with Gasteiger partial charge < -0.3 is 10.0 Å². The molecule has 1 saturated heterocycles. The lowest BCUT2D eigenvalue weighted by molar-refractivity contribution is -0.158. The number of amides is 1. The van der Waals surface area contributed by atoms with Crippen LogP contribution in [0.5, 0.6) is 0 Å². The van der Waals surface area contributed by atoms with Gasteiger partial charge in [-0.25, -0.2) is 0 Å². The van der Waals surface area contributed by atoms with Crippen molar-refractivity contribution in [1.29, 1.82) is 0 Å². The number of nitrogens with zero attached hydrogens (tertiary/aromatic N) is 1. The lowest BCUT2D eigenvalue weighted by Crippen LogP contribution is -2.50. The molecule has 2 fully saturated rings. The van der Waals surface area contributed by atoms with Gasteiger partial charge in [0.15, 0.2) is 5.60 Å². The summed E-state index contributed by atoms with van der Waals surface area (Å²) in [6.45, 7) is 5.92. The maximum atomic E-state index is 13.8. The Labute approximate surface area is 187 Å². The summed E-state index contributed by atoms with van der Waals surface area (Å²) < 4.78 is 0. The molecule has 2 unspecified atom stereocenters. The first-order valence-corrected chi connectivity index (χ1v) is 11.9. The number of aliphatic hydroxyl groups is 1. The monoisotopic (exact) mass is 418 g/mol. The SMILES string of the molecule is C[C](C)C(Cc1ccccc1)C1CCN(C(=O)[C@](O)(c2ccccc2)C2CCCC2)C1. The van der Waals surface area contributed by atoms with Crippen LogP contribution < -0.4 is 0 Å². The van der Waals surface area contributed by atoms with Crippen LogP contribution in [0.15, 0.2) is 60.7 Å². The van der Waals surface area contributed by atoms with E-state index in [0.717, 1.165) is 57.2 Å². The third kappa shape index (κ3) is 4.57. The van der Waals surface area contributed by atoms with Crippen molar-refractivity contribution in [2.75, 3.05) is 13.1 Å². The van der Waals surface area contributed by atoms with Gasteiger partial charge in [-0.05, 0) is 54.6 Å². The summed E-state index contributed by atoms with van der Waals surface area (Å²) in [4.78, 5) is 15.8. The minimum absolute atomic E-state index is 0.0149. The molecule has 1 aliphatic heterocycles. The van der Waals surface area contributed by atoms with Crippen LogP contribution in [-0.4, -0.2) is 29.0 Å². The fourth-order valence-corrected chi connectivity index (χ4v) is 5.82. The second kappa shape index (κ2) is 9.56. The quantitative estimate of drug-likeness (QED) is 0.655. The highest BCUT2D eigenvalue weighted by atomic mass is 16.3. The standard InChI is InChI=1S/C28H36NO2/c1-21(2)26(19-22-11-5-3-6-12-22)23-17-18-29(20-23)27(30)28(31,25-15-9-10-16-25)24-13-7-4-8-14-24/h3-8,11-14,23,25-26,31H,9-10,15-20H2,1-2H3/t23?,26?,28-/m0/s1. The fourth-order valence-electron chi connectivity index (χ4n) is 5.82. The second-order valence-corrected chi connectivity index (χ2v) is 9.79. The van der Waals surface area contributed by atoms with Crippen LogP contribution in [0.3, 0.4) is 0 Å². The van der Waals surface area contributed by atoms with Gasteiger partial charge in [0.2, 0.25) is 0 Å². The van der Waals surface area contributed by atoms with Crippen molar-refractivity contribution in [3.8, 4) is 0 Å². The molecule has 1 amide bonds. The minimum atomic E-state index is -1.40. The highest BCUT2D eigenvalue weighted by molar-refractivity contribution is 5.87. The van der Waals surface area contributed by atoms with E-state index in [1.807, 2.05) is 35.2 Å². The van der Waals surface area contributed by atoms with Crippen molar-refractivity contribution in [2.24, 2.45) is 17.8 Å². The number of carbonyl (C=O) groups is 1. The maximum absolute atomic E-state index is 13.8. The van der Waals surface area contributed by atoms with Gasteiger partial charge in [-0.2, -0.15) is 0 Å². The van der Waals surface area contributed by atoms with Gasteiger partial charge in [0.25, 0.3) is 5.91 Å². The van der Waals surface area contributed by atoms with Gasteiger partial charge in [0, 0.05) is 19.0 Å². The zero-order chi connectivity index (χ0) is 21.8. The van der Waals surface area contributed by atoms with Gasteiger partial charge >= 0.3 is 0 Å². The Morgan fingerprint density at radius 1 is 1.00 bits per heavy atom. The number of hydrogen-bond donors (Lipinski definition) is 1. The van der Waals surface area contributed by atoms with E-state index < -0.39 is 5.60 Å². The molecule has 2 aromatic rings. The third-order valence-corrected chi connectivity index (χ3v) is 7.61. The van der Waals surface area contributed by atoms with Gasteiger partial charge in [-0.15, -0.1) is 0 Å². The number of likely N-dealkylation sites (tertiary alicyclic amines) is 1. The van der Waals surface area contributed by atoms with E-state index >= 15 is 0 Å². The Kier molecular flexibility index (Phi) is 6.81. The molecule has 3 nitrogen and oxygen atoms in total. The predicted molar refractivity (Wildman–Crippen MR) is 125 cm³/mol. The van der Waals surface area contributed by atoms with E-state index in [9.17, 15) is 9.90 Å². The summed E-state index contributed by atoms with van der Waals surface area (Å²) in [5.74, 6) is 2.26. The lowest BCUT2D eigenvalue weighted by atomic mass is 9.78. The van der Waals surface area contributed by atoms with Crippen molar-refractivity contribution in [3.63, 3.8) is 0 Å². The molecule has 1 radical (unpaired) electrons. The van der Waals surface area contributed by atoms with E-state index in [1.54, 1.807) is 0 Å². The van der Waals surface area contributed by atoms with E-state index in [-0.39, 0.29) is 11.8 Å². The van der Waals surface area contributed by atoms with Crippen LogP contribution in [0.2, 0.25) is 0 Å². The molecule has 3 heteroatoms. The highest BCUT2D eigenvalue weighted by Crippen LogP contribution is 2.43. The summed E-state index contributed by atoms with van der Waals surface area (Å²) in [6.07, 6.45) is 6.06. The van der Waals surface area contributed by atoms with Crippen LogP contribution in [0.25, 0.3) is 0 Å². The molecule has 2 aliphatic rings. The van der Waals surface area contributed by atoms with Crippen molar-refractivity contribution in [3.05, 3.63) is 77.7 Å². The van der Waals surface area contributed by atoms with Gasteiger partial charge in [0.1, 0.15) is 0 Å². The molecule has 1 saturated carbocycles. The molecule has 31 heavy (non-hydrogen) atoms. The fraction of sp³-hybridized carbons (Fsp3) is 0.500. The molecule has 3 atom stereocenters. The molecule has 1 aliphatic carbocycles. The first kappa shape index (κ1) is 22.1. The molecular formula is C28H36NO2. The second-order valence-electron chi connectivity index (χ2n) is 9.79. The summed E-state index contributed by atoms with van der Waals surface area (Å²) in [7, 11) is 0. The van der Waals surface area contributed by atoms with E-state index in [1.165, 1.54) is 11.5 Å². The van der Waals surface area contributed by atoms with E-state index in [2.05, 4.69) is 44.2 Å². The Hall–Kier alpha value is -2.13. The van der Waals surface area contributed by atoms with Crippen LogP contribution in [0.1, 0.15) is 57.1 Å². The topological polar surface area (TPSA) is 40.5 Å². The maximum Gasteiger partial charge on any atom is 0.259 e. The van der Waals surface area contributed by atoms with Crippen molar-refractivity contribution < 1.29 is 9.90 Å². The average Bonchev–Trinajstić information content (AvgIpc) is 3.50. The number of benzene rings is 2. The summed E-state index contributed by atoms with van der Waals surface area (Å²) in [6, 6.07) is 20.3. The number of rotatable bonds is 7. The lowest BCUT2D eigenvalue weighted by Gasteiger charge is -2.37. The predicted octanol–water partition coefficient (Wildman–Crippen LogP) is 5.39. The minimum Gasteiger partial charge on any atom is -0.375 e. The Bertz CT molecular complexity index is 844. The molecule has 1 N–H and O–H groups in total. The summed E-state index contributed by atoms with van der Waals surface area (Å²) in [5, 5.41) is 11.9. The van der Waals surface area contributed by atoms with E-state index in [0.29, 0.717) is 11.8 Å². The summed E-state index contributed by atoms with van der Waals surface area (Å²) in [5.41, 5.74) is 0.715. The zero-order valence-electron chi connectivity index (χ0n) is 19.0. The highest BCUT2D eigenvalue weighted by Gasteiger charge is 2.49. The van der Waals surface area contributed by atoms with Crippen molar-refractivity contribution >= 4 is 5.91 Å². The first-order valence-electron chi connectivity index (χ1n) is 11.9. The largest absolute Gasteiger partial charge is 0.375 e. The Balaban J connectivity index is 1.53.